The van der Waals surface area contributed by atoms with Gasteiger partial charge in [0.15, 0.2) is 0 Å². The normalized spacial score (nSPS) is 16.9. The molecule has 2 aromatic rings. The van der Waals surface area contributed by atoms with Gasteiger partial charge in [0.1, 0.15) is 5.82 Å². The lowest BCUT2D eigenvalue weighted by Crippen LogP contribution is -2.48. The molecule has 7 heteroatoms. The fourth-order valence-corrected chi connectivity index (χ4v) is 4.44. The average molecular weight is 383 g/mol. The lowest BCUT2D eigenvalue weighted by Gasteiger charge is -2.34. The fraction of sp³-hybridized carbons (Fsp3) is 0.333. The summed E-state index contributed by atoms with van der Waals surface area (Å²) in [5, 5.41) is 0.725. The number of nitrogens with zero attached hydrogens (tertiary/aromatic N) is 2. The molecule has 0 saturated carbocycles. The number of benzene rings is 2. The van der Waals surface area contributed by atoms with Crippen LogP contribution in [-0.2, 0) is 16.4 Å². The van der Waals surface area contributed by atoms with Gasteiger partial charge in [-0.15, -0.1) is 0 Å². The Morgan fingerprint density at radius 2 is 1.52 bits per heavy atom. The first-order chi connectivity index (χ1) is 11.9. The van der Waals surface area contributed by atoms with Crippen LogP contribution in [0.1, 0.15) is 5.56 Å². The predicted molar refractivity (Wildman–Crippen MR) is 96.8 cm³/mol. The van der Waals surface area contributed by atoms with Crippen LogP contribution in [0.4, 0.5) is 4.39 Å². The monoisotopic (exact) mass is 382 g/mol. The minimum Gasteiger partial charge on any atom is -0.300 e. The highest BCUT2D eigenvalue weighted by atomic mass is 35.5. The maximum atomic E-state index is 13.0. The van der Waals surface area contributed by atoms with E-state index in [1.54, 1.807) is 0 Å². The molecule has 0 bridgehead atoms. The first kappa shape index (κ1) is 18.3. The molecule has 2 aromatic carbocycles. The van der Waals surface area contributed by atoms with Crippen molar-refractivity contribution < 1.29 is 12.8 Å². The van der Waals surface area contributed by atoms with E-state index < -0.39 is 15.8 Å². The molecule has 0 N–H and O–H groups in total. The van der Waals surface area contributed by atoms with Gasteiger partial charge in [0, 0.05) is 37.7 Å². The van der Waals surface area contributed by atoms with E-state index in [1.807, 2.05) is 24.3 Å². The second-order valence-electron chi connectivity index (χ2n) is 6.08. The van der Waals surface area contributed by atoms with Crippen molar-refractivity contribution in [2.75, 3.05) is 32.7 Å². The minimum atomic E-state index is -3.55. The summed E-state index contributed by atoms with van der Waals surface area (Å²) in [5.74, 6) is -0.439. The Labute approximate surface area is 152 Å². The van der Waals surface area contributed by atoms with E-state index in [9.17, 15) is 12.8 Å². The number of halogens is 2. The van der Waals surface area contributed by atoms with E-state index in [1.165, 1.54) is 34.1 Å². The van der Waals surface area contributed by atoms with Crippen molar-refractivity contribution in [3.05, 3.63) is 64.9 Å². The van der Waals surface area contributed by atoms with Gasteiger partial charge in [0.25, 0.3) is 0 Å². The van der Waals surface area contributed by atoms with Gasteiger partial charge in [-0.1, -0.05) is 23.7 Å². The number of rotatable bonds is 5. The maximum Gasteiger partial charge on any atom is 0.243 e. The molecule has 0 atom stereocenters. The molecular weight excluding hydrogens is 363 g/mol. The molecule has 4 nitrogen and oxygen atoms in total. The Hall–Kier alpha value is -1.47. The van der Waals surface area contributed by atoms with Gasteiger partial charge in [-0.3, -0.25) is 0 Å². The molecule has 0 aliphatic carbocycles. The van der Waals surface area contributed by atoms with Crippen LogP contribution in [0.3, 0.4) is 0 Å². The number of hydrogen-bond acceptors (Lipinski definition) is 3. The van der Waals surface area contributed by atoms with Crippen LogP contribution in [-0.4, -0.2) is 50.3 Å². The number of hydrogen-bond donors (Lipinski definition) is 0. The molecular formula is C18H20ClFN2O2S. The van der Waals surface area contributed by atoms with E-state index in [4.69, 9.17) is 11.6 Å². The van der Waals surface area contributed by atoms with Crippen molar-refractivity contribution in [3.63, 3.8) is 0 Å². The Balaban J connectivity index is 1.54. The van der Waals surface area contributed by atoms with Gasteiger partial charge in [0.05, 0.1) is 4.90 Å². The fourth-order valence-electron chi connectivity index (χ4n) is 2.89. The highest BCUT2D eigenvalue weighted by molar-refractivity contribution is 7.89. The lowest BCUT2D eigenvalue weighted by molar-refractivity contribution is 0.190. The van der Waals surface area contributed by atoms with Crippen LogP contribution >= 0.6 is 11.6 Å². The predicted octanol–water partition coefficient (Wildman–Crippen LogP) is 3.03. The third kappa shape index (κ3) is 4.58. The van der Waals surface area contributed by atoms with E-state index >= 15 is 0 Å². The molecule has 0 aromatic heterocycles. The molecule has 1 aliphatic heterocycles. The van der Waals surface area contributed by atoms with E-state index in [0.717, 1.165) is 18.0 Å². The molecule has 1 aliphatic rings. The van der Waals surface area contributed by atoms with Gasteiger partial charge in [-0.2, -0.15) is 4.31 Å². The highest BCUT2D eigenvalue weighted by Crippen LogP contribution is 2.18. The van der Waals surface area contributed by atoms with E-state index in [0.29, 0.717) is 26.2 Å². The van der Waals surface area contributed by atoms with Crippen LogP contribution in [0.5, 0.6) is 0 Å². The Morgan fingerprint density at radius 1 is 0.920 bits per heavy atom. The summed E-state index contributed by atoms with van der Waals surface area (Å²) < 4.78 is 39.6. The number of sulfonamides is 1. The minimum absolute atomic E-state index is 0.142. The zero-order chi connectivity index (χ0) is 17.9. The molecule has 1 saturated heterocycles. The highest BCUT2D eigenvalue weighted by Gasteiger charge is 2.28. The van der Waals surface area contributed by atoms with Gasteiger partial charge in [-0.25, -0.2) is 12.8 Å². The van der Waals surface area contributed by atoms with Crippen LogP contribution in [0, 0.1) is 5.82 Å². The number of piperazine rings is 1. The summed E-state index contributed by atoms with van der Waals surface area (Å²) in [6, 6.07) is 12.8. The third-order valence-corrected chi connectivity index (χ3v) is 6.58. The summed E-state index contributed by atoms with van der Waals surface area (Å²) in [4.78, 5) is 2.40. The Kier molecular flexibility index (Phi) is 5.74. The lowest BCUT2D eigenvalue weighted by atomic mass is 10.1. The van der Waals surface area contributed by atoms with Gasteiger partial charge in [-0.05, 0) is 48.4 Å². The van der Waals surface area contributed by atoms with Gasteiger partial charge >= 0.3 is 0 Å². The quantitative estimate of drug-likeness (QED) is 0.798. The topological polar surface area (TPSA) is 40.6 Å². The van der Waals surface area contributed by atoms with Gasteiger partial charge in [0.2, 0.25) is 10.0 Å². The second kappa shape index (κ2) is 7.83. The van der Waals surface area contributed by atoms with Gasteiger partial charge < -0.3 is 4.90 Å². The first-order valence-electron chi connectivity index (χ1n) is 8.18. The summed E-state index contributed by atoms with van der Waals surface area (Å²) in [6.07, 6.45) is 0.905. The third-order valence-electron chi connectivity index (χ3n) is 4.41. The maximum absolute atomic E-state index is 13.0. The molecule has 1 fully saturated rings. The largest absolute Gasteiger partial charge is 0.300 e. The van der Waals surface area contributed by atoms with Crippen molar-refractivity contribution in [1.82, 2.24) is 9.21 Å². The van der Waals surface area contributed by atoms with Crippen LogP contribution in [0.15, 0.2) is 53.4 Å². The molecule has 0 amide bonds. The van der Waals surface area contributed by atoms with Crippen molar-refractivity contribution >= 4 is 21.6 Å². The molecule has 0 unspecified atom stereocenters. The van der Waals surface area contributed by atoms with Crippen molar-refractivity contribution in [3.8, 4) is 0 Å². The van der Waals surface area contributed by atoms with Crippen molar-refractivity contribution in [1.29, 1.82) is 0 Å². The van der Waals surface area contributed by atoms with E-state index in [-0.39, 0.29) is 4.90 Å². The SMILES string of the molecule is O=S(=O)(c1ccc(F)cc1)N1CCN(CCc2ccc(Cl)cc2)CC1. The van der Waals surface area contributed by atoms with Crippen LogP contribution < -0.4 is 0 Å². The Morgan fingerprint density at radius 3 is 2.12 bits per heavy atom. The van der Waals surface area contributed by atoms with E-state index in [2.05, 4.69) is 4.90 Å². The molecule has 134 valence electrons. The molecule has 3 rings (SSSR count). The van der Waals surface area contributed by atoms with Crippen molar-refractivity contribution in [2.45, 2.75) is 11.3 Å². The Bertz CT molecular complexity index is 802. The zero-order valence-electron chi connectivity index (χ0n) is 13.7. The average Bonchev–Trinajstić information content (AvgIpc) is 2.62. The first-order valence-corrected chi connectivity index (χ1v) is 9.99. The summed E-state index contributed by atoms with van der Waals surface area (Å²) in [5.41, 5.74) is 1.21. The molecule has 0 spiro atoms. The second-order valence-corrected chi connectivity index (χ2v) is 8.45. The van der Waals surface area contributed by atoms with Crippen LogP contribution in [0.25, 0.3) is 0 Å². The summed E-state index contributed by atoms with van der Waals surface area (Å²) in [6.45, 7) is 3.15. The smallest absolute Gasteiger partial charge is 0.243 e. The molecule has 0 radical (unpaired) electrons. The summed E-state index contributed by atoms with van der Waals surface area (Å²) >= 11 is 5.88. The molecule has 25 heavy (non-hydrogen) atoms. The van der Waals surface area contributed by atoms with Crippen LogP contribution in [0.2, 0.25) is 5.02 Å². The van der Waals surface area contributed by atoms with Crippen molar-refractivity contribution in [2.24, 2.45) is 0 Å². The molecule has 1 heterocycles. The summed E-state index contributed by atoms with van der Waals surface area (Å²) in [7, 11) is -3.55. The zero-order valence-corrected chi connectivity index (χ0v) is 15.3. The standard InChI is InChI=1S/C18H20ClFN2O2S/c19-16-3-1-15(2-4-16)9-10-21-11-13-22(14-12-21)25(23,24)18-7-5-17(20)6-8-18/h1-8H,9-14H2.